The Morgan fingerprint density at radius 3 is 2.50 bits per heavy atom. The summed E-state index contributed by atoms with van der Waals surface area (Å²) in [4.78, 5) is 0. The second-order valence-electron chi connectivity index (χ2n) is 6.61. The van der Waals surface area contributed by atoms with Crippen molar-refractivity contribution in [3.05, 3.63) is 28.8 Å². The lowest BCUT2D eigenvalue weighted by Crippen LogP contribution is -2.32. The van der Waals surface area contributed by atoms with Gasteiger partial charge >= 0.3 is 0 Å². The van der Waals surface area contributed by atoms with Crippen LogP contribution in [-0.4, -0.2) is 23.4 Å². The summed E-state index contributed by atoms with van der Waals surface area (Å²) >= 11 is 5.97. The molecule has 2 unspecified atom stereocenters. The van der Waals surface area contributed by atoms with Crippen molar-refractivity contribution < 1.29 is 14.6 Å². The molecule has 1 heterocycles. The van der Waals surface area contributed by atoms with Gasteiger partial charge in [-0.2, -0.15) is 0 Å². The van der Waals surface area contributed by atoms with E-state index >= 15 is 0 Å². The molecule has 112 valence electrons. The molecule has 0 spiro atoms. The molecular formula is C16H23ClO3. The molecule has 1 aromatic carbocycles. The summed E-state index contributed by atoms with van der Waals surface area (Å²) in [6.45, 7) is 8.16. The number of ether oxygens (including phenoxy) is 2. The molecule has 0 aromatic heterocycles. The average Bonchev–Trinajstić information content (AvgIpc) is 2.56. The summed E-state index contributed by atoms with van der Waals surface area (Å²) < 4.78 is 11.4. The molecule has 0 aliphatic carbocycles. The predicted octanol–water partition coefficient (Wildman–Crippen LogP) is 3.98. The van der Waals surface area contributed by atoms with Crippen LogP contribution in [0.5, 0.6) is 5.75 Å². The van der Waals surface area contributed by atoms with E-state index in [4.69, 9.17) is 21.1 Å². The lowest BCUT2D eigenvalue weighted by molar-refractivity contribution is -0.0881. The van der Waals surface area contributed by atoms with E-state index in [2.05, 4.69) is 13.8 Å². The van der Waals surface area contributed by atoms with E-state index in [1.165, 1.54) is 0 Å². The Morgan fingerprint density at radius 2 is 2.00 bits per heavy atom. The minimum Gasteiger partial charge on any atom is -0.496 e. The quantitative estimate of drug-likeness (QED) is 0.917. The topological polar surface area (TPSA) is 38.7 Å². The number of benzene rings is 1. The Hall–Kier alpha value is -0.770. The molecule has 0 bridgehead atoms. The molecule has 1 saturated heterocycles. The van der Waals surface area contributed by atoms with Crippen LogP contribution in [0, 0.1) is 5.92 Å². The van der Waals surface area contributed by atoms with Crippen molar-refractivity contribution in [2.24, 2.45) is 5.92 Å². The third-order valence-electron chi connectivity index (χ3n) is 4.04. The highest BCUT2D eigenvalue weighted by molar-refractivity contribution is 6.30. The van der Waals surface area contributed by atoms with Gasteiger partial charge in [0.1, 0.15) is 5.75 Å². The van der Waals surface area contributed by atoms with Crippen molar-refractivity contribution in [3.8, 4) is 5.75 Å². The maximum Gasteiger partial charge on any atom is 0.126 e. The SMILES string of the molecule is COc1cc(Cl)ccc1C(O)C1CC(C)(C)OC1(C)C. The minimum atomic E-state index is -0.640. The smallest absolute Gasteiger partial charge is 0.126 e. The highest BCUT2D eigenvalue weighted by Crippen LogP contribution is 2.49. The van der Waals surface area contributed by atoms with Crippen molar-refractivity contribution in [3.63, 3.8) is 0 Å². The molecule has 0 amide bonds. The standard InChI is InChI=1S/C16H23ClO3/c1-15(2)9-12(16(3,4)20-15)14(18)11-7-6-10(17)8-13(11)19-5/h6-8,12,14,18H,9H2,1-5H3. The van der Waals surface area contributed by atoms with Crippen LogP contribution in [0.2, 0.25) is 5.02 Å². The zero-order valence-electron chi connectivity index (χ0n) is 12.7. The summed E-state index contributed by atoms with van der Waals surface area (Å²) in [6.07, 6.45) is 0.159. The molecule has 0 saturated carbocycles. The van der Waals surface area contributed by atoms with Crippen LogP contribution in [0.25, 0.3) is 0 Å². The highest BCUT2D eigenvalue weighted by atomic mass is 35.5. The molecule has 3 nitrogen and oxygen atoms in total. The number of hydrogen-bond acceptors (Lipinski definition) is 3. The van der Waals surface area contributed by atoms with E-state index in [9.17, 15) is 5.11 Å². The number of hydrogen-bond donors (Lipinski definition) is 1. The Labute approximate surface area is 125 Å². The van der Waals surface area contributed by atoms with Crippen molar-refractivity contribution in [2.45, 2.75) is 51.4 Å². The third kappa shape index (κ3) is 2.95. The number of aliphatic hydroxyl groups is 1. The van der Waals surface area contributed by atoms with E-state index in [0.717, 1.165) is 12.0 Å². The maximum atomic E-state index is 10.8. The van der Waals surface area contributed by atoms with Crippen LogP contribution < -0.4 is 4.74 Å². The molecule has 2 atom stereocenters. The molecule has 0 radical (unpaired) electrons. The second-order valence-corrected chi connectivity index (χ2v) is 7.04. The first-order valence-electron chi connectivity index (χ1n) is 6.88. The average molecular weight is 299 g/mol. The van der Waals surface area contributed by atoms with Gasteiger partial charge in [-0.05, 0) is 46.2 Å². The van der Waals surface area contributed by atoms with Gasteiger partial charge in [0, 0.05) is 16.5 Å². The largest absolute Gasteiger partial charge is 0.496 e. The minimum absolute atomic E-state index is 0.00701. The summed E-state index contributed by atoms with van der Waals surface area (Å²) in [5.74, 6) is 0.623. The van der Waals surface area contributed by atoms with Crippen LogP contribution in [-0.2, 0) is 4.74 Å². The van der Waals surface area contributed by atoms with E-state index < -0.39 is 6.10 Å². The summed E-state index contributed by atoms with van der Waals surface area (Å²) in [6, 6.07) is 5.33. The summed E-state index contributed by atoms with van der Waals surface area (Å²) in [5.41, 5.74) is 0.152. The fourth-order valence-electron chi connectivity index (χ4n) is 3.24. The highest BCUT2D eigenvalue weighted by Gasteiger charge is 2.49. The van der Waals surface area contributed by atoms with Crippen molar-refractivity contribution in [1.82, 2.24) is 0 Å². The van der Waals surface area contributed by atoms with Gasteiger partial charge in [0.2, 0.25) is 0 Å². The molecule has 1 aliphatic rings. The monoisotopic (exact) mass is 298 g/mol. The molecule has 1 N–H and O–H groups in total. The Kier molecular flexibility index (Phi) is 4.07. The molecule has 1 aliphatic heterocycles. The van der Waals surface area contributed by atoms with Gasteiger partial charge in [-0.1, -0.05) is 17.7 Å². The van der Waals surface area contributed by atoms with Crippen molar-refractivity contribution in [1.29, 1.82) is 0 Å². The van der Waals surface area contributed by atoms with Crippen LogP contribution in [0.1, 0.15) is 45.8 Å². The zero-order chi connectivity index (χ0) is 15.1. The molecule has 1 fully saturated rings. The van der Waals surface area contributed by atoms with E-state index in [0.29, 0.717) is 10.8 Å². The van der Waals surface area contributed by atoms with Gasteiger partial charge in [0.05, 0.1) is 24.4 Å². The van der Waals surface area contributed by atoms with Crippen molar-refractivity contribution in [2.75, 3.05) is 7.11 Å². The maximum absolute atomic E-state index is 10.8. The number of aliphatic hydroxyl groups excluding tert-OH is 1. The zero-order valence-corrected chi connectivity index (χ0v) is 13.5. The first-order valence-corrected chi connectivity index (χ1v) is 7.26. The number of rotatable bonds is 3. The summed E-state index contributed by atoms with van der Waals surface area (Å²) in [7, 11) is 1.59. The van der Waals surface area contributed by atoms with Crippen LogP contribution in [0.4, 0.5) is 0 Å². The molecular weight excluding hydrogens is 276 g/mol. The van der Waals surface area contributed by atoms with Gasteiger partial charge in [-0.3, -0.25) is 0 Å². The van der Waals surface area contributed by atoms with Gasteiger partial charge < -0.3 is 14.6 Å². The molecule has 20 heavy (non-hydrogen) atoms. The number of halogens is 1. The predicted molar refractivity (Wildman–Crippen MR) is 80.3 cm³/mol. The van der Waals surface area contributed by atoms with Gasteiger partial charge in [0.25, 0.3) is 0 Å². The Bertz CT molecular complexity index is 496. The first kappa shape index (κ1) is 15.6. The van der Waals surface area contributed by atoms with Crippen LogP contribution in [0.15, 0.2) is 18.2 Å². The molecule has 1 aromatic rings. The first-order chi connectivity index (χ1) is 9.16. The summed E-state index contributed by atoms with van der Waals surface area (Å²) in [5, 5.41) is 11.4. The lowest BCUT2D eigenvalue weighted by atomic mass is 9.80. The van der Waals surface area contributed by atoms with Crippen LogP contribution >= 0.6 is 11.6 Å². The van der Waals surface area contributed by atoms with Gasteiger partial charge in [0.15, 0.2) is 0 Å². The van der Waals surface area contributed by atoms with E-state index in [1.807, 2.05) is 19.9 Å². The van der Waals surface area contributed by atoms with Gasteiger partial charge in [-0.15, -0.1) is 0 Å². The Balaban J connectivity index is 2.34. The number of methoxy groups -OCH3 is 1. The van der Waals surface area contributed by atoms with E-state index in [1.54, 1.807) is 19.2 Å². The molecule has 4 heteroatoms. The fourth-order valence-corrected chi connectivity index (χ4v) is 3.40. The Morgan fingerprint density at radius 1 is 1.35 bits per heavy atom. The lowest BCUT2D eigenvalue weighted by Gasteiger charge is -2.31. The normalized spacial score (nSPS) is 25.4. The third-order valence-corrected chi connectivity index (χ3v) is 4.27. The van der Waals surface area contributed by atoms with E-state index in [-0.39, 0.29) is 17.1 Å². The fraction of sp³-hybridized carbons (Fsp3) is 0.625. The van der Waals surface area contributed by atoms with Gasteiger partial charge in [-0.25, -0.2) is 0 Å². The second kappa shape index (κ2) is 5.21. The van der Waals surface area contributed by atoms with Crippen LogP contribution in [0.3, 0.4) is 0 Å². The molecule has 2 rings (SSSR count). The van der Waals surface area contributed by atoms with Crippen molar-refractivity contribution >= 4 is 11.6 Å².